The highest BCUT2D eigenvalue weighted by Crippen LogP contribution is 2.34. The Balaban J connectivity index is 1.80. The SMILES string of the molecule is Cc1c(=O)n(C)c(Nc2ccc(I)cc2F)c2c(=O)n(C3CC3)c(=O)n(-c3cccc4[nH]ccc34)c12. The number of hydrogen-bond donors (Lipinski definition) is 2. The highest BCUT2D eigenvalue weighted by atomic mass is 127. The lowest BCUT2D eigenvalue weighted by molar-refractivity contribution is 0.630. The molecule has 3 heterocycles. The van der Waals surface area contributed by atoms with Gasteiger partial charge in [-0.3, -0.25) is 23.3 Å². The monoisotopic (exact) mass is 597 g/mol. The molecule has 0 unspecified atom stereocenters. The van der Waals surface area contributed by atoms with Crippen LogP contribution in [0.4, 0.5) is 15.9 Å². The summed E-state index contributed by atoms with van der Waals surface area (Å²) >= 11 is 2.01. The molecule has 0 spiro atoms. The fourth-order valence-electron chi connectivity index (χ4n) is 4.82. The van der Waals surface area contributed by atoms with E-state index in [-0.39, 0.29) is 34.0 Å². The topological polar surface area (TPSA) is 93.8 Å². The first-order valence-electron chi connectivity index (χ1n) is 11.5. The molecular formula is C26H21FIN5O3. The van der Waals surface area contributed by atoms with E-state index in [9.17, 15) is 18.8 Å². The predicted octanol–water partition coefficient (Wildman–Crippen LogP) is 4.46. The first-order chi connectivity index (χ1) is 17.3. The maximum atomic E-state index is 14.8. The molecule has 1 aliphatic carbocycles. The second-order valence-electron chi connectivity index (χ2n) is 9.05. The molecule has 0 aliphatic heterocycles. The van der Waals surface area contributed by atoms with Gasteiger partial charge >= 0.3 is 5.69 Å². The summed E-state index contributed by atoms with van der Waals surface area (Å²) in [4.78, 5) is 44.3. The zero-order valence-corrected chi connectivity index (χ0v) is 21.6. The molecule has 36 heavy (non-hydrogen) atoms. The third-order valence-electron chi connectivity index (χ3n) is 6.75. The van der Waals surface area contributed by atoms with Gasteiger partial charge in [0.2, 0.25) is 0 Å². The molecule has 8 nitrogen and oxygen atoms in total. The zero-order valence-electron chi connectivity index (χ0n) is 19.4. The highest BCUT2D eigenvalue weighted by molar-refractivity contribution is 14.1. The molecule has 10 heteroatoms. The van der Waals surface area contributed by atoms with Gasteiger partial charge in [0.05, 0.1) is 16.9 Å². The lowest BCUT2D eigenvalue weighted by atomic mass is 10.1. The summed E-state index contributed by atoms with van der Waals surface area (Å²) in [5.74, 6) is -0.383. The normalized spacial score (nSPS) is 13.6. The van der Waals surface area contributed by atoms with Crippen molar-refractivity contribution in [1.82, 2.24) is 18.7 Å². The molecule has 0 saturated heterocycles. The number of pyridine rings is 1. The van der Waals surface area contributed by atoms with E-state index >= 15 is 0 Å². The third kappa shape index (κ3) is 3.34. The van der Waals surface area contributed by atoms with Gasteiger partial charge < -0.3 is 10.3 Å². The zero-order chi connectivity index (χ0) is 25.3. The summed E-state index contributed by atoms with van der Waals surface area (Å²) in [6.07, 6.45) is 3.21. The fourth-order valence-corrected chi connectivity index (χ4v) is 5.27. The summed E-state index contributed by atoms with van der Waals surface area (Å²) in [6, 6.07) is 11.8. The Morgan fingerprint density at radius 3 is 2.58 bits per heavy atom. The molecule has 2 aromatic carbocycles. The van der Waals surface area contributed by atoms with Gasteiger partial charge in [0.25, 0.3) is 11.1 Å². The van der Waals surface area contributed by atoms with Crippen LogP contribution in [0.1, 0.15) is 24.4 Å². The standard InChI is InChI=1S/C26H21FIN5O3/c1-13-22-21(23(31(2)24(13)34)30-19-9-6-14(28)12-17(19)27)25(35)32(15-7-8-15)26(36)33(22)20-5-3-4-18-16(20)10-11-29-18/h3-6,9-12,15,29-30H,7-8H2,1-2H3. The smallest absolute Gasteiger partial charge is 0.336 e. The van der Waals surface area contributed by atoms with Crippen molar-refractivity contribution in [3.63, 3.8) is 0 Å². The first-order valence-corrected chi connectivity index (χ1v) is 12.5. The average Bonchev–Trinajstić information content (AvgIpc) is 3.56. The van der Waals surface area contributed by atoms with Gasteiger partial charge in [-0.2, -0.15) is 0 Å². The molecule has 0 amide bonds. The van der Waals surface area contributed by atoms with Crippen LogP contribution < -0.4 is 22.1 Å². The van der Waals surface area contributed by atoms with Crippen LogP contribution in [0.15, 0.2) is 63.0 Å². The quantitative estimate of drug-likeness (QED) is 0.300. The number of nitrogens with one attached hydrogen (secondary N) is 2. The van der Waals surface area contributed by atoms with E-state index in [1.54, 1.807) is 31.3 Å². The molecule has 6 rings (SSSR count). The number of H-pyrrole nitrogens is 1. The number of nitrogens with zero attached hydrogens (tertiary/aromatic N) is 3. The third-order valence-corrected chi connectivity index (χ3v) is 7.42. The number of aromatic nitrogens is 4. The van der Waals surface area contributed by atoms with Gasteiger partial charge in [0.1, 0.15) is 17.0 Å². The van der Waals surface area contributed by atoms with E-state index in [0.29, 0.717) is 22.1 Å². The first kappa shape index (κ1) is 22.8. The Hall–Kier alpha value is -3.67. The van der Waals surface area contributed by atoms with Crippen molar-refractivity contribution in [2.75, 3.05) is 5.32 Å². The summed E-state index contributed by atoms with van der Waals surface area (Å²) in [7, 11) is 1.53. The molecule has 1 saturated carbocycles. The molecule has 1 fully saturated rings. The Bertz CT molecular complexity index is 1900. The van der Waals surface area contributed by atoms with Gasteiger partial charge in [-0.1, -0.05) is 6.07 Å². The van der Waals surface area contributed by atoms with Crippen LogP contribution in [0.2, 0.25) is 0 Å². The van der Waals surface area contributed by atoms with Crippen molar-refractivity contribution in [3.8, 4) is 5.69 Å². The van der Waals surface area contributed by atoms with E-state index in [0.717, 1.165) is 10.9 Å². The molecular weight excluding hydrogens is 576 g/mol. The Kier molecular flexibility index (Phi) is 5.18. The number of benzene rings is 2. The van der Waals surface area contributed by atoms with Gasteiger partial charge in [-0.25, -0.2) is 9.18 Å². The van der Waals surface area contributed by atoms with Crippen LogP contribution in [0.3, 0.4) is 0 Å². The number of halogens is 2. The Morgan fingerprint density at radius 1 is 1.08 bits per heavy atom. The number of hydrogen-bond acceptors (Lipinski definition) is 4. The highest BCUT2D eigenvalue weighted by Gasteiger charge is 2.32. The molecule has 1 aliphatic rings. The maximum absolute atomic E-state index is 14.8. The number of aromatic amines is 1. The van der Waals surface area contributed by atoms with E-state index in [1.165, 1.54) is 26.8 Å². The van der Waals surface area contributed by atoms with Gasteiger partial charge in [0, 0.05) is 39.3 Å². The molecule has 2 N–H and O–H groups in total. The maximum Gasteiger partial charge on any atom is 0.336 e. The molecule has 182 valence electrons. The second kappa shape index (κ2) is 8.19. The van der Waals surface area contributed by atoms with Crippen LogP contribution in [-0.4, -0.2) is 18.7 Å². The van der Waals surface area contributed by atoms with Gasteiger partial charge in [-0.05, 0) is 78.8 Å². The molecule has 3 aromatic heterocycles. The summed E-state index contributed by atoms with van der Waals surface area (Å²) in [5.41, 5.74) is 0.581. The number of anilines is 2. The number of aryl methyl sites for hydroxylation is 1. The summed E-state index contributed by atoms with van der Waals surface area (Å²) in [6.45, 7) is 1.61. The van der Waals surface area contributed by atoms with E-state index in [2.05, 4.69) is 10.3 Å². The van der Waals surface area contributed by atoms with E-state index in [1.807, 2.05) is 40.8 Å². The van der Waals surface area contributed by atoms with Crippen LogP contribution >= 0.6 is 22.6 Å². The van der Waals surface area contributed by atoms with Gasteiger partial charge in [-0.15, -0.1) is 0 Å². The molecule has 5 aromatic rings. The van der Waals surface area contributed by atoms with Crippen molar-refractivity contribution in [2.45, 2.75) is 25.8 Å². The van der Waals surface area contributed by atoms with Crippen molar-refractivity contribution < 1.29 is 4.39 Å². The van der Waals surface area contributed by atoms with Crippen molar-refractivity contribution >= 4 is 55.9 Å². The molecule has 0 radical (unpaired) electrons. The van der Waals surface area contributed by atoms with Crippen molar-refractivity contribution in [3.05, 3.63) is 94.8 Å². The van der Waals surface area contributed by atoms with E-state index < -0.39 is 22.6 Å². The van der Waals surface area contributed by atoms with Crippen molar-refractivity contribution in [2.24, 2.45) is 7.05 Å². The lowest BCUT2D eigenvalue weighted by Gasteiger charge is -2.21. The van der Waals surface area contributed by atoms with Gasteiger partial charge in [0.15, 0.2) is 0 Å². The lowest BCUT2D eigenvalue weighted by Crippen LogP contribution is -2.41. The Labute approximate surface area is 217 Å². The summed E-state index contributed by atoms with van der Waals surface area (Å²) < 4.78 is 19.6. The van der Waals surface area contributed by atoms with Crippen LogP contribution in [0, 0.1) is 16.3 Å². The number of fused-ring (bicyclic) bond motifs is 2. The molecule has 0 bridgehead atoms. The minimum atomic E-state index is -0.518. The van der Waals surface area contributed by atoms with E-state index in [4.69, 9.17) is 0 Å². The van der Waals surface area contributed by atoms with Crippen LogP contribution in [-0.2, 0) is 7.05 Å². The van der Waals surface area contributed by atoms with Crippen LogP contribution in [0.5, 0.6) is 0 Å². The summed E-state index contributed by atoms with van der Waals surface area (Å²) in [5, 5.41) is 3.92. The minimum Gasteiger partial charge on any atom is -0.361 e. The minimum absolute atomic E-state index is 0.124. The van der Waals surface area contributed by atoms with Crippen LogP contribution in [0.25, 0.3) is 27.5 Å². The fraction of sp³-hybridized carbons (Fsp3) is 0.192. The Morgan fingerprint density at radius 2 is 1.86 bits per heavy atom. The second-order valence-corrected chi connectivity index (χ2v) is 10.3. The average molecular weight is 597 g/mol. The van der Waals surface area contributed by atoms with Crippen molar-refractivity contribution in [1.29, 1.82) is 0 Å². The molecule has 0 atom stereocenters. The largest absolute Gasteiger partial charge is 0.361 e. The predicted molar refractivity (Wildman–Crippen MR) is 146 cm³/mol. The number of rotatable bonds is 4.